The third kappa shape index (κ3) is 3.80. The minimum Gasteiger partial charge on any atom is -0.350 e. The van der Waals surface area contributed by atoms with E-state index in [0.29, 0.717) is 24.2 Å². The lowest BCUT2D eigenvalue weighted by Gasteiger charge is -2.37. The van der Waals surface area contributed by atoms with Crippen molar-refractivity contribution in [3.8, 4) is 0 Å². The van der Waals surface area contributed by atoms with E-state index in [-0.39, 0.29) is 17.4 Å². The molecule has 5 rings (SSSR count). The molecular weight excluding hydrogens is 366 g/mol. The number of aryl methyl sites for hydroxylation is 1. The monoisotopic (exact) mass is 399 g/mol. The zero-order valence-corrected chi connectivity index (χ0v) is 17.5. The molecule has 1 saturated heterocycles. The molecular formula is C22H33N5O2. The van der Waals surface area contributed by atoms with E-state index in [9.17, 15) is 9.59 Å². The maximum absolute atomic E-state index is 12.9. The summed E-state index contributed by atoms with van der Waals surface area (Å²) in [6, 6.07) is 0. The molecule has 3 atom stereocenters. The number of nitrogens with one attached hydrogen (secondary N) is 1. The summed E-state index contributed by atoms with van der Waals surface area (Å²) in [5.74, 6) is 2.75. The highest BCUT2D eigenvalue weighted by Crippen LogP contribution is 2.54. The van der Waals surface area contributed by atoms with Crippen LogP contribution in [-0.2, 0) is 22.6 Å². The molecule has 0 spiro atoms. The summed E-state index contributed by atoms with van der Waals surface area (Å²) in [6.07, 6.45) is 11.3. The minimum atomic E-state index is 0.0257. The fourth-order valence-corrected chi connectivity index (χ4v) is 5.87. The third-order valence-electron chi connectivity index (χ3n) is 7.95. The zero-order chi connectivity index (χ0) is 20.0. The van der Waals surface area contributed by atoms with Gasteiger partial charge < -0.3 is 10.2 Å². The second kappa shape index (κ2) is 7.40. The van der Waals surface area contributed by atoms with E-state index in [0.717, 1.165) is 63.4 Å². The summed E-state index contributed by atoms with van der Waals surface area (Å²) in [5.41, 5.74) is 0.772. The summed E-state index contributed by atoms with van der Waals surface area (Å²) in [6.45, 7) is 4.35. The molecule has 1 aromatic heterocycles. The van der Waals surface area contributed by atoms with Crippen molar-refractivity contribution in [1.29, 1.82) is 0 Å². The Balaban J connectivity index is 1.12. The number of fused-ring (bicyclic) bond motifs is 1. The molecule has 0 aromatic carbocycles. The number of amides is 2. The van der Waals surface area contributed by atoms with Gasteiger partial charge in [0.05, 0.1) is 12.1 Å². The first-order valence-electron chi connectivity index (χ1n) is 11.6. The van der Waals surface area contributed by atoms with Gasteiger partial charge in [0.1, 0.15) is 0 Å². The summed E-state index contributed by atoms with van der Waals surface area (Å²) in [7, 11) is 0. The lowest BCUT2D eigenvalue weighted by atomic mass is 9.84. The van der Waals surface area contributed by atoms with Gasteiger partial charge in [0.15, 0.2) is 0 Å². The Labute approximate surface area is 172 Å². The van der Waals surface area contributed by atoms with Crippen LogP contribution in [0.2, 0.25) is 0 Å². The van der Waals surface area contributed by atoms with Crippen LogP contribution in [0.25, 0.3) is 0 Å². The topological polar surface area (TPSA) is 80.1 Å². The van der Waals surface area contributed by atoms with Crippen LogP contribution >= 0.6 is 0 Å². The molecule has 0 bridgehead atoms. The maximum Gasteiger partial charge on any atom is 0.228 e. The molecule has 158 valence electrons. The molecule has 1 aromatic rings. The molecule has 1 aliphatic heterocycles. The molecule has 3 unspecified atom stereocenters. The number of hydrogen-bond donors (Lipinski definition) is 1. The largest absolute Gasteiger partial charge is 0.350 e. The average molecular weight is 400 g/mol. The SMILES string of the molecule is CCn1cc(CC(=O)N2CCC(C3(NC(=O)C4CCCC5CC54)CC3)CC2)nn1. The number of carbonyl (C=O) groups is 2. The molecule has 7 nitrogen and oxygen atoms in total. The first-order valence-corrected chi connectivity index (χ1v) is 11.6. The number of hydrogen-bond acceptors (Lipinski definition) is 4. The fourth-order valence-electron chi connectivity index (χ4n) is 5.87. The molecule has 29 heavy (non-hydrogen) atoms. The standard InChI is InChI=1S/C22H33N5O2/c1-2-27-14-17(24-25-27)13-20(28)26-10-6-16(7-11-26)22(8-9-22)23-21(29)18-5-3-4-15-12-19(15)18/h14-16,18-19H,2-13H2,1H3,(H,23,29). The van der Waals surface area contributed by atoms with E-state index in [2.05, 4.69) is 15.6 Å². The zero-order valence-electron chi connectivity index (χ0n) is 17.5. The van der Waals surface area contributed by atoms with Gasteiger partial charge in [0.2, 0.25) is 11.8 Å². The molecule has 4 fully saturated rings. The fraction of sp³-hybridized carbons (Fsp3) is 0.818. The molecule has 3 saturated carbocycles. The first-order chi connectivity index (χ1) is 14.1. The van der Waals surface area contributed by atoms with Crippen LogP contribution in [0.4, 0.5) is 0 Å². The quantitative estimate of drug-likeness (QED) is 0.795. The van der Waals surface area contributed by atoms with Gasteiger partial charge >= 0.3 is 0 Å². The summed E-state index contributed by atoms with van der Waals surface area (Å²) >= 11 is 0. The second-order valence-electron chi connectivity index (χ2n) is 9.74. The Bertz CT molecular complexity index is 778. The lowest BCUT2D eigenvalue weighted by Crippen LogP contribution is -2.50. The van der Waals surface area contributed by atoms with Crippen LogP contribution in [0.15, 0.2) is 6.20 Å². The summed E-state index contributed by atoms with van der Waals surface area (Å²) in [5, 5.41) is 11.6. The lowest BCUT2D eigenvalue weighted by molar-refractivity contribution is -0.133. The Morgan fingerprint density at radius 2 is 2.00 bits per heavy atom. The Morgan fingerprint density at radius 1 is 1.21 bits per heavy atom. The van der Waals surface area contributed by atoms with Crippen molar-refractivity contribution in [2.24, 2.45) is 23.7 Å². The highest BCUT2D eigenvalue weighted by atomic mass is 16.2. The predicted molar refractivity (Wildman–Crippen MR) is 108 cm³/mol. The van der Waals surface area contributed by atoms with Crippen LogP contribution in [0.1, 0.15) is 64.0 Å². The van der Waals surface area contributed by atoms with Gasteiger partial charge in [-0.3, -0.25) is 14.3 Å². The van der Waals surface area contributed by atoms with E-state index >= 15 is 0 Å². The second-order valence-corrected chi connectivity index (χ2v) is 9.74. The smallest absolute Gasteiger partial charge is 0.228 e. The van der Waals surface area contributed by atoms with Crippen LogP contribution in [-0.4, -0.2) is 50.3 Å². The molecule has 4 aliphatic rings. The third-order valence-corrected chi connectivity index (χ3v) is 7.95. The first kappa shape index (κ1) is 19.1. The van der Waals surface area contributed by atoms with Crippen molar-refractivity contribution in [3.63, 3.8) is 0 Å². The average Bonchev–Trinajstić information content (AvgIpc) is 3.65. The van der Waals surface area contributed by atoms with Gasteiger partial charge in [-0.05, 0) is 63.2 Å². The molecule has 2 amide bonds. The minimum absolute atomic E-state index is 0.0257. The van der Waals surface area contributed by atoms with E-state index in [1.54, 1.807) is 4.68 Å². The molecule has 7 heteroatoms. The van der Waals surface area contributed by atoms with Gasteiger partial charge in [0.25, 0.3) is 0 Å². The normalized spacial score (nSPS) is 30.5. The van der Waals surface area contributed by atoms with Gasteiger partial charge in [0, 0.05) is 37.3 Å². The summed E-state index contributed by atoms with van der Waals surface area (Å²) < 4.78 is 1.75. The highest BCUT2D eigenvalue weighted by Gasteiger charge is 2.54. The van der Waals surface area contributed by atoms with Crippen molar-refractivity contribution < 1.29 is 9.59 Å². The summed E-state index contributed by atoms with van der Waals surface area (Å²) in [4.78, 5) is 27.6. The molecule has 0 radical (unpaired) electrons. The van der Waals surface area contributed by atoms with Crippen molar-refractivity contribution in [3.05, 3.63) is 11.9 Å². The highest BCUT2D eigenvalue weighted by molar-refractivity contribution is 5.81. The molecule has 3 aliphatic carbocycles. The van der Waals surface area contributed by atoms with E-state index in [1.165, 1.54) is 19.3 Å². The number of nitrogens with zero attached hydrogens (tertiary/aromatic N) is 4. The van der Waals surface area contributed by atoms with Crippen LogP contribution in [0.5, 0.6) is 0 Å². The predicted octanol–water partition coefficient (Wildman–Crippen LogP) is 2.16. The number of likely N-dealkylation sites (tertiary alicyclic amines) is 1. The van der Waals surface area contributed by atoms with E-state index in [4.69, 9.17) is 0 Å². The van der Waals surface area contributed by atoms with Gasteiger partial charge in [-0.2, -0.15) is 0 Å². The molecule has 2 heterocycles. The number of aromatic nitrogens is 3. The maximum atomic E-state index is 12.9. The van der Waals surface area contributed by atoms with E-state index < -0.39 is 0 Å². The Morgan fingerprint density at radius 3 is 2.69 bits per heavy atom. The van der Waals surface area contributed by atoms with Gasteiger partial charge in [-0.1, -0.05) is 18.1 Å². The number of carbonyl (C=O) groups excluding carboxylic acids is 2. The Hall–Kier alpha value is -1.92. The van der Waals surface area contributed by atoms with Crippen LogP contribution in [0.3, 0.4) is 0 Å². The van der Waals surface area contributed by atoms with Crippen molar-refractivity contribution in [2.75, 3.05) is 13.1 Å². The van der Waals surface area contributed by atoms with Crippen molar-refractivity contribution >= 4 is 11.8 Å². The van der Waals surface area contributed by atoms with E-state index in [1.807, 2.05) is 18.0 Å². The van der Waals surface area contributed by atoms with Gasteiger partial charge in [-0.25, -0.2) is 0 Å². The van der Waals surface area contributed by atoms with Crippen LogP contribution in [0, 0.1) is 23.7 Å². The van der Waals surface area contributed by atoms with Crippen LogP contribution < -0.4 is 5.32 Å². The number of rotatable bonds is 6. The molecule has 1 N–H and O–H groups in total. The number of piperidine rings is 1. The van der Waals surface area contributed by atoms with Gasteiger partial charge in [-0.15, -0.1) is 5.10 Å². The van der Waals surface area contributed by atoms with Crippen molar-refractivity contribution in [1.82, 2.24) is 25.2 Å². The Kier molecular flexibility index (Phi) is 4.87. The van der Waals surface area contributed by atoms with Crippen molar-refractivity contribution in [2.45, 2.75) is 76.8 Å².